The third kappa shape index (κ3) is 1.89. The molecule has 0 aliphatic rings. The summed E-state index contributed by atoms with van der Waals surface area (Å²) in [7, 11) is 0. The Bertz CT molecular complexity index is 548. The minimum absolute atomic E-state index is 0.265. The average Bonchev–Trinajstić information content (AvgIpc) is 2.69. The SMILES string of the molecule is CCC(C(=O)O)n1c(CO)nc2ccccc21. The molecule has 1 aromatic carbocycles. The van der Waals surface area contributed by atoms with E-state index >= 15 is 0 Å². The lowest BCUT2D eigenvalue weighted by Crippen LogP contribution is -2.20. The van der Waals surface area contributed by atoms with Gasteiger partial charge in [-0.3, -0.25) is 0 Å². The Morgan fingerprint density at radius 3 is 2.76 bits per heavy atom. The fraction of sp³-hybridized carbons (Fsp3) is 0.333. The molecule has 5 heteroatoms. The highest BCUT2D eigenvalue weighted by Crippen LogP contribution is 2.23. The van der Waals surface area contributed by atoms with Crippen LogP contribution in [0.5, 0.6) is 0 Å². The van der Waals surface area contributed by atoms with Gasteiger partial charge in [0, 0.05) is 0 Å². The molecule has 0 saturated heterocycles. The van der Waals surface area contributed by atoms with Crippen LogP contribution in [0.25, 0.3) is 11.0 Å². The van der Waals surface area contributed by atoms with Gasteiger partial charge in [0.25, 0.3) is 0 Å². The van der Waals surface area contributed by atoms with E-state index in [1.165, 1.54) is 0 Å². The molecular formula is C12H14N2O3. The standard InChI is InChI=1S/C12H14N2O3/c1-2-9(12(16)17)14-10-6-4-3-5-8(10)13-11(14)7-15/h3-6,9,15H,2,7H2,1H3,(H,16,17). The van der Waals surface area contributed by atoms with Gasteiger partial charge in [0.1, 0.15) is 18.5 Å². The van der Waals surface area contributed by atoms with Crippen molar-refractivity contribution in [3.8, 4) is 0 Å². The number of rotatable bonds is 4. The van der Waals surface area contributed by atoms with E-state index in [2.05, 4.69) is 4.98 Å². The van der Waals surface area contributed by atoms with Crippen molar-refractivity contribution < 1.29 is 15.0 Å². The van der Waals surface area contributed by atoms with Crippen LogP contribution in [0.2, 0.25) is 0 Å². The molecular weight excluding hydrogens is 220 g/mol. The lowest BCUT2D eigenvalue weighted by molar-refractivity contribution is -0.141. The van der Waals surface area contributed by atoms with Crippen LogP contribution < -0.4 is 0 Å². The second kappa shape index (κ2) is 4.55. The zero-order valence-electron chi connectivity index (χ0n) is 9.50. The number of aromatic nitrogens is 2. The number of hydrogen-bond donors (Lipinski definition) is 2. The van der Waals surface area contributed by atoms with Crippen molar-refractivity contribution in [3.63, 3.8) is 0 Å². The van der Waals surface area contributed by atoms with Crippen LogP contribution in [0.4, 0.5) is 0 Å². The first-order valence-electron chi connectivity index (χ1n) is 5.48. The summed E-state index contributed by atoms with van der Waals surface area (Å²) in [5, 5.41) is 18.5. The smallest absolute Gasteiger partial charge is 0.326 e. The molecule has 1 unspecified atom stereocenters. The molecule has 0 spiro atoms. The number of benzene rings is 1. The highest BCUT2D eigenvalue weighted by Gasteiger charge is 2.22. The van der Waals surface area contributed by atoms with Gasteiger partial charge in [-0.2, -0.15) is 0 Å². The third-order valence-electron chi connectivity index (χ3n) is 2.79. The minimum Gasteiger partial charge on any atom is -0.480 e. The van der Waals surface area contributed by atoms with Crippen molar-refractivity contribution in [2.75, 3.05) is 0 Å². The molecule has 2 aromatic rings. The quantitative estimate of drug-likeness (QED) is 0.841. The molecule has 0 amide bonds. The van der Waals surface area contributed by atoms with Crippen LogP contribution in [0, 0.1) is 0 Å². The first-order valence-corrected chi connectivity index (χ1v) is 5.48. The fourth-order valence-electron chi connectivity index (χ4n) is 2.02. The van der Waals surface area contributed by atoms with Crippen LogP contribution in [0.15, 0.2) is 24.3 Å². The largest absolute Gasteiger partial charge is 0.480 e. The number of hydrogen-bond acceptors (Lipinski definition) is 3. The molecule has 0 bridgehead atoms. The van der Waals surface area contributed by atoms with Crippen LogP contribution in [-0.2, 0) is 11.4 Å². The van der Waals surface area contributed by atoms with E-state index in [9.17, 15) is 15.0 Å². The molecule has 2 rings (SSSR count). The van der Waals surface area contributed by atoms with Gasteiger partial charge in [0.05, 0.1) is 11.0 Å². The van der Waals surface area contributed by atoms with E-state index in [0.717, 1.165) is 5.52 Å². The zero-order chi connectivity index (χ0) is 12.4. The third-order valence-corrected chi connectivity index (χ3v) is 2.79. The Balaban J connectivity index is 2.68. The van der Waals surface area contributed by atoms with Crippen molar-refractivity contribution >= 4 is 17.0 Å². The summed E-state index contributed by atoms with van der Waals surface area (Å²) in [6.45, 7) is 1.53. The van der Waals surface area contributed by atoms with E-state index in [1.807, 2.05) is 18.2 Å². The van der Waals surface area contributed by atoms with Gasteiger partial charge in [0.2, 0.25) is 0 Å². The molecule has 2 N–H and O–H groups in total. The fourth-order valence-corrected chi connectivity index (χ4v) is 2.02. The molecule has 1 heterocycles. The van der Waals surface area contributed by atoms with Crippen molar-refractivity contribution in [1.29, 1.82) is 0 Å². The Morgan fingerprint density at radius 2 is 2.18 bits per heavy atom. The number of aliphatic hydroxyl groups is 1. The number of fused-ring (bicyclic) bond motifs is 1. The topological polar surface area (TPSA) is 75.3 Å². The Labute approximate surface area is 98.3 Å². The zero-order valence-corrected chi connectivity index (χ0v) is 9.50. The maximum absolute atomic E-state index is 11.2. The van der Waals surface area contributed by atoms with Crippen LogP contribution >= 0.6 is 0 Å². The number of imidazole rings is 1. The number of carboxylic acids is 1. The minimum atomic E-state index is -0.912. The van der Waals surface area contributed by atoms with Gasteiger partial charge in [0.15, 0.2) is 0 Å². The second-order valence-electron chi connectivity index (χ2n) is 3.81. The Hall–Kier alpha value is -1.88. The predicted octanol–water partition coefficient (Wildman–Crippen LogP) is 1.56. The number of aliphatic carboxylic acids is 1. The number of nitrogens with zero attached hydrogens (tertiary/aromatic N) is 2. The molecule has 1 aromatic heterocycles. The molecule has 0 radical (unpaired) electrons. The summed E-state index contributed by atoms with van der Waals surface area (Å²) >= 11 is 0. The summed E-state index contributed by atoms with van der Waals surface area (Å²) in [6, 6.07) is 6.59. The molecule has 1 atom stereocenters. The van der Waals surface area contributed by atoms with Crippen molar-refractivity contribution in [2.45, 2.75) is 26.0 Å². The molecule has 17 heavy (non-hydrogen) atoms. The predicted molar refractivity (Wildman–Crippen MR) is 62.6 cm³/mol. The summed E-state index contributed by atoms with van der Waals surface area (Å²) in [6.07, 6.45) is 0.447. The Morgan fingerprint density at radius 1 is 1.47 bits per heavy atom. The van der Waals surface area contributed by atoms with Crippen LogP contribution in [0.1, 0.15) is 25.2 Å². The molecule has 0 saturated carbocycles. The van der Waals surface area contributed by atoms with E-state index in [-0.39, 0.29) is 6.61 Å². The van der Waals surface area contributed by atoms with Crippen molar-refractivity contribution in [3.05, 3.63) is 30.1 Å². The summed E-state index contributed by atoms with van der Waals surface area (Å²) in [5.74, 6) is -0.522. The average molecular weight is 234 g/mol. The summed E-state index contributed by atoms with van der Waals surface area (Å²) in [5.41, 5.74) is 1.45. The van der Waals surface area contributed by atoms with E-state index < -0.39 is 12.0 Å². The molecule has 0 aliphatic carbocycles. The van der Waals surface area contributed by atoms with Gasteiger partial charge in [-0.15, -0.1) is 0 Å². The number of carboxylic acid groups (broad SMARTS) is 1. The van der Waals surface area contributed by atoms with Gasteiger partial charge in [-0.25, -0.2) is 9.78 Å². The van der Waals surface area contributed by atoms with Gasteiger partial charge >= 0.3 is 5.97 Å². The number of carbonyl (C=O) groups is 1. The van der Waals surface area contributed by atoms with E-state index in [0.29, 0.717) is 17.8 Å². The van der Waals surface area contributed by atoms with E-state index in [1.54, 1.807) is 17.6 Å². The van der Waals surface area contributed by atoms with Gasteiger partial charge < -0.3 is 14.8 Å². The van der Waals surface area contributed by atoms with Crippen LogP contribution in [-0.4, -0.2) is 25.7 Å². The molecule has 0 fully saturated rings. The number of para-hydroxylation sites is 2. The molecule has 90 valence electrons. The number of aliphatic hydroxyl groups excluding tert-OH is 1. The lowest BCUT2D eigenvalue weighted by atomic mass is 10.2. The monoisotopic (exact) mass is 234 g/mol. The normalized spacial score (nSPS) is 12.8. The second-order valence-corrected chi connectivity index (χ2v) is 3.81. The highest BCUT2D eigenvalue weighted by atomic mass is 16.4. The van der Waals surface area contributed by atoms with Crippen LogP contribution in [0.3, 0.4) is 0 Å². The first-order chi connectivity index (χ1) is 8.19. The maximum Gasteiger partial charge on any atom is 0.326 e. The van der Waals surface area contributed by atoms with Gasteiger partial charge in [-0.1, -0.05) is 19.1 Å². The highest BCUT2D eigenvalue weighted by molar-refractivity contribution is 5.80. The summed E-state index contributed by atoms with van der Waals surface area (Å²) < 4.78 is 1.59. The summed E-state index contributed by atoms with van der Waals surface area (Å²) in [4.78, 5) is 15.4. The van der Waals surface area contributed by atoms with E-state index in [4.69, 9.17) is 0 Å². The lowest BCUT2D eigenvalue weighted by Gasteiger charge is -2.15. The molecule has 0 aliphatic heterocycles. The maximum atomic E-state index is 11.2. The van der Waals surface area contributed by atoms with Gasteiger partial charge in [-0.05, 0) is 18.6 Å². The van der Waals surface area contributed by atoms with Crippen molar-refractivity contribution in [1.82, 2.24) is 9.55 Å². The Kier molecular flexibility index (Phi) is 3.10. The molecule has 5 nitrogen and oxygen atoms in total. The first kappa shape index (κ1) is 11.6. The van der Waals surface area contributed by atoms with Crippen molar-refractivity contribution in [2.24, 2.45) is 0 Å².